The fourth-order valence-electron chi connectivity index (χ4n) is 2.19. The minimum absolute atomic E-state index is 0.0615. The number of hydrogen-bond donors (Lipinski definition) is 3. The van der Waals surface area contributed by atoms with Gasteiger partial charge in [-0.05, 0) is 30.3 Å². The zero-order chi connectivity index (χ0) is 19.4. The van der Waals surface area contributed by atoms with Crippen molar-refractivity contribution in [3.05, 3.63) is 59.1 Å². The number of carbonyl (C=O) groups is 1. The maximum absolute atomic E-state index is 13.0. The summed E-state index contributed by atoms with van der Waals surface area (Å²) in [4.78, 5) is 20.1. The van der Waals surface area contributed by atoms with Crippen LogP contribution in [0.15, 0.2) is 42.7 Å². The van der Waals surface area contributed by atoms with E-state index in [1.807, 2.05) is 0 Å². The third-order valence-electron chi connectivity index (χ3n) is 3.40. The Labute approximate surface area is 156 Å². The average molecular weight is 397 g/mol. The first kappa shape index (κ1) is 18.6. The first-order valence-corrected chi connectivity index (χ1v) is 7.94. The van der Waals surface area contributed by atoms with E-state index in [2.05, 4.69) is 30.8 Å². The number of aromatic nitrogens is 4. The molecule has 2 aromatic heterocycles. The molecule has 2 amide bonds. The summed E-state index contributed by atoms with van der Waals surface area (Å²) in [5.41, 5.74) is -0.762. The van der Waals surface area contributed by atoms with E-state index in [4.69, 9.17) is 11.6 Å². The normalized spacial score (nSPS) is 11.3. The third-order valence-corrected chi connectivity index (χ3v) is 3.64. The van der Waals surface area contributed by atoms with Gasteiger partial charge in [-0.2, -0.15) is 18.3 Å². The molecule has 2 heterocycles. The van der Waals surface area contributed by atoms with Gasteiger partial charge in [-0.3, -0.25) is 10.1 Å². The number of amides is 2. The lowest BCUT2D eigenvalue weighted by Gasteiger charge is -2.14. The summed E-state index contributed by atoms with van der Waals surface area (Å²) in [6.07, 6.45) is -1.47. The minimum atomic E-state index is -4.66. The van der Waals surface area contributed by atoms with Crippen LogP contribution in [0.2, 0.25) is 5.02 Å². The molecule has 0 aliphatic rings. The zero-order valence-electron chi connectivity index (χ0n) is 13.5. The molecule has 7 nitrogen and oxygen atoms in total. The Morgan fingerprint density at radius 2 is 2.07 bits per heavy atom. The van der Waals surface area contributed by atoms with Crippen LogP contribution >= 0.6 is 11.6 Å². The maximum atomic E-state index is 13.0. The number of nitrogens with one attached hydrogen (secondary N) is 3. The monoisotopic (exact) mass is 396 g/mol. The maximum Gasteiger partial charge on any atom is 0.418 e. The molecule has 0 saturated carbocycles. The summed E-state index contributed by atoms with van der Waals surface area (Å²) >= 11 is 5.60. The van der Waals surface area contributed by atoms with E-state index in [0.29, 0.717) is 17.2 Å². The van der Waals surface area contributed by atoms with Crippen LogP contribution in [0.4, 0.5) is 23.7 Å². The predicted molar refractivity (Wildman–Crippen MR) is 91.9 cm³/mol. The molecule has 3 rings (SSSR count). The fourth-order valence-corrected chi connectivity index (χ4v) is 2.36. The highest BCUT2D eigenvalue weighted by atomic mass is 35.5. The van der Waals surface area contributed by atoms with Gasteiger partial charge in [-0.15, -0.1) is 0 Å². The summed E-state index contributed by atoms with van der Waals surface area (Å²) < 4.78 is 39.1. The van der Waals surface area contributed by atoms with Crippen molar-refractivity contribution in [2.45, 2.75) is 12.7 Å². The number of halogens is 4. The number of urea groups is 1. The van der Waals surface area contributed by atoms with Crippen molar-refractivity contribution < 1.29 is 18.0 Å². The smallest absolute Gasteiger partial charge is 0.331 e. The SMILES string of the molecule is O=C(NCc1nc(-c2cccnc2)n[nH]1)Nc1ccc(Cl)cc1C(F)(F)F. The molecule has 0 aliphatic carbocycles. The van der Waals surface area contributed by atoms with Gasteiger partial charge >= 0.3 is 12.2 Å². The molecule has 0 fully saturated rings. The highest BCUT2D eigenvalue weighted by Crippen LogP contribution is 2.36. The number of nitrogens with zero attached hydrogens (tertiary/aromatic N) is 3. The lowest BCUT2D eigenvalue weighted by molar-refractivity contribution is -0.136. The second-order valence-electron chi connectivity index (χ2n) is 5.34. The van der Waals surface area contributed by atoms with Gasteiger partial charge in [-0.25, -0.2) is 9.78 Å². The number of aromatic amines is 1. The number of H-pyrrole nitrogens is 1. The van der Waals surface area contributed by atoms with Crippen molar-refractivity contribution in [3.8, 4) is 11.4 Å². The molecule has 0 saturated heterocycles. The van der Waals surface area contributed by atoms with Crippen LogP contribution in [0, 0.1) is 0 Å². The van der Waals surface area contributed by atoms with Crippen molar-refractivity contribution in [1.29, 1.82) is 0 Å². The summed E-state index contributed by atoms with van der Waals surface area (Å²) in [5.74, 6) is 0.716. The Morgan fingerprint density at radius 3 is 2.78 bits per heavy atom. The van der Waals surface area contributed by atoms with Gasteiger partial charge in [-0.1, -0.05) is 11.6 Å². The van der Waals surface area contributed by atoms with Crippen molar-refractivity contribution in [3.63, 3.8) is 0 Å². The van der Waals surface area contributed by atoms with Gasteiger partial charge < -0.3 is 10.6 Å². The fraction of sp³-hybridized carbons (Fsp3) is 0.125. The van der Waals surface area contributed by atoms with Crippen molar-refractivity contribution in [2.75, 3.05) is 5.32 Å². The lowest BCUT2D eigenvalue weighted by atomic mass is 10.1. The van der Waals surface area contributed by atoms with E-state index < -0.39 is 23.5 Å². The number of rotatable bonds is 4. The Balaban J connectivity index is 1.64. The number of benzene rings is 1. The van der Waals surface area contributed by atoms with E-state index in [1.54, 1.807) is 24.5 Å². The van der Waals surface area contributed by atoms with Gasteiger partial charge in [0.05, 0.1) is 17.8 Å². The summed E-state index contributed by atoms with van der Waals surface area (Å²) in [5, 5.41) is 11.1. The molecule has 0 unspecified atom stereocenters. The standard InChI is InChI=1S/C16H12ClF3N6O/c17-10-3-4-12(11(6-10)16(18,19)20)23-15(27)22-8-13-24-14(26-25-13)9-2-1-5-21-7-9/h1-7H,8H2,(H2,22,23,27)(H,24,25,26). The number of anilines is 1. The molecule has 3 N–H and O–H groups in total. The van der Waals surface area contributed by atoms with Gasteiger partial charge in [0.15, 0.2) is 5.82 Å². The molecule has 1 aromatic carbocycles. The quantitative estimate of drug-likeness (QED) is 0.624. The van der Waals surface area contributed by atoms with Crippen LogP contribution in [0.25, 0.3) is 11.4 Å². The third kappa shape index (κ3) is 4.73. The number of hydrogen-bond acceptors (Lipinski definition) is 4. The van der Waals surface area contributed by atoms with Crippen molar-refractivity contribution in [1.82, 2.24) is 25.5 Å². The number of alkyl halides is 3. The van der Waals surface area contributed by atoms with E-state index in [0.717, 1.165) is 12.1 Å². The largest absolute Gasteiger partial charge is 0.418 e. The molecule has 3 aromatic rings. The van der Waals surface area contributed by atoms with Gasteiger partial charge in [0.1, 0.15) is 5.82 Å². The topological polar surface area (TPSA) is 95.6 Å². The summed E-state index contributed by atoms with van der Waals surface area (Å²) in [6, 6.07) is 5.74. The highest BCUT2D eigenvalue weighted by molar-refractivity contribution is 6.30. The first-order chi connectivity index (χ1) is 12.8. The van der Waals surface area contributed by atoms with Crippen LogP contribution in [0.1, 0.15) is 11.4 Å². The molecule has 0 bridgehead atoms. The Bertz CT molecular complexity index is 945. The first-order valence-electron chi connectivity index (χ1n) is 7.56. The van der Waals surface area contributed by atoms with Gasteiger partial charge in [0, 0.05) is 23.0 Å². The molecular formula is C16H12ClF3N6O. The molecule has 0 aliphatic heterocycles. The van der Waals surface area contributed by atoms with Gasteiger partial charge in [0.25, 0.3) is 0 Å². The number of pyridine rings is 1. The average Bonchev–Trinajstić information content (AvgIpc) is 3.10. The molecular weight excluding hydrogens is 385 g/mol. The second-order valence-corrected chi connectivity index (χ2v) is 5.78. The molecule has 0 spiro atoms. The molecule has 0 atom stereocenters. The van der Waals surface area contributed by atoms with Crippen molar-refractivity contribution in [2.24, 2.45) is 0 Å². The lowest BCUT2D eigenvalue weighted by Crippen LogP contribution is -2.29. The Morgan fingerprint density at radius 1 is 1.26 bits per heavy atom. The molecule has 27 heavy (non-hydrogen) atoms. The van der Waals surface area contributed by atoms with Crippen molar-refractivity contribution >= 4 is 23.3 Å². The minimum Gasteiger partial charge on any atom is -0.331 e. The van der Waals surface area contributed by atoms with E-state index in [9.17, 15) is 18.0 Å². The van der Waals surface area contributed by atoms with E-state index >= 15 is 0 Å². The predicted octanol–water partition coefficient (Wildman–Crippen LogP) is 3.86. The van der Waals surface area contributed by atoms with Crippen LogP contribution < -0.4 is 10.6 Å². The van der Waals surface area contributed by atoms with Crippen LogP contribution in [-0.4, -0.2) is 26.2 Å². The highest BCUT2D eigenvalue weighted by Gasteiger charge is 2.34. The summed E-state index contributed by atoms with van der Waals surface area (Å²) in [6.45, 7) is -0.0615. The second kappa shape index (κ2) is 7.62. The Kier molecular flexibility index (Phi) is 5.26. The molecule has 11 heteroatoms. The van der Waals surface area contributed by atoms with Crippen LogP contribution in [0.5, 0.6) is 0 Å². The molecule has 0 radical (unpaired) electrons. The number of carbonyl (C=O) groups excluding carboxylic acids is 1. The van der Waals surface area contributed by atoms with Crippen LogP contribution in [-0.2, 0) is 12.7 Å². The summed E-state index contributed by atoms with van der Waals surface area (Å²) in [7, 11) is 0. The van der Waals surface area contributed by atoms with Crippen LogP contribution in [0.3, 0.4) is 0 Å². The zero-order valence-corrected chi connectivity index (χ0v) is 14.3. The van der Waals surface area contributed by atoms with E-state index in [1.165, 1.54) is 6.07 Å². The van der Waals surface area contributed by atoms with E-state index in [-0.39, 0.29) is 11.6 Å². The molecule has 140 valence electrons. The Hall–Kier alpha value is -3.14. The van der Waals surface area contributed by atoms with Gasteiger partial charge in [0.2, 0.25) is 0 Å².